The Morgan fingerprint density at radius 3 is 2.88 bits per heavy atom. The summed E-state index contributed by atoms with van der Waals surface area (Å²) in [7, 11) is 0. The highest BCUT2D eigenvalue weighted by molar-refractivity contribution is 7.98. The summed E-state index contributed by atoms with van der Waals surface area (Å²) in [4.78, 5) is 0. The lowest BCUT2D eigenvalue weighted by molar-refractivity contribution is 0.363. The van der Waals surface area contributed by atoms with E-state index in [-0.39, 0.29) is 0 Å². The monoisotopic (exact) mass is 406 g/mol. The first-order valence-electron chi connectivity index (χ1n) is 8.39. The van der Waals surface area contributed by atoms with Crippen molar-refractivity contribution in [3.8, 4) is 5.75 Å². The van der Waals surface area contributed by atoms with E-state index in [1.165, 1.54) is 5.56 Å². The van der Waals surface area contributed by atoms with Crippen LogP contribution in [-0.2, 0) is 5.75 Å². The zero-order chi connectivity index (χ0) is 18.6. The average molecular weight is 407 g/mol. The molecule has 0 aliphatic rings. The Hall–Kier alpha value is -1.69. The number of benzene rings is 2. The Morgan fingerprint density at radius 2 is 2.08 bits per heavy atom. The predicted octanol–water partition coefficient (Wildman–Crippen LogP) is 5.51. The fourth-order valence-electron chi connectivity index (χ4n) is 2.17. The number of rotatable bonds is 10. The normalized spacial score (nSPS) is 10.2. The number of hydrogen-bond donors (Lipinski definition) is 2. The van der Waals surface area contributed by atoms with Gasteiger partial charge in [0.25, 0.3) is 0 Å². The third kappa shape index (κ3) is 7.68. The maximum atomic E-state index is 6.16. The Labute approximate surface area is 170 Å². The van der Waals surface area contributed by atoms with Crippen molar-refractivity contribution < 1.29 is 4.74 Å². The van der Waals surface area contributed by atoms with Gasteiger partial charge in [-0.2, -0.15) is 11.8 Å². The third-order valence-electron chi connectivity index (χ3n) is 3.43. The topological polar surface area (TPSA) is 33.3 Å². The van der Waals surface area contributed by atoms with Gasteiger partial charge in [0, 0.05) is 29.1 Å². The molecule has 0 aliphatic heterocycles. The van der Waals surface area contributed by atoms with Gasteiger partial charge in [0.1, 0.15) is 12.4 Å². The SMILES string of the molecule is C=CCOc1cccc(NC(=S)NCCCSCc2ccccc2Cl)c1. The lowest BCUT2D eigenvalue weighted by Gasteiger charge is -2.12. The Morgan fingerprint density at radius 1 is 1.23 bits per heavy atom. The molecule has 3 nitrogen and oxygen atoms in total. The van der Waals surface area contributed by atoms with E-state index in [0.717, 1.165) is 40.9 Å². The first-order valence-corrected chi connectivity index (χ1v) is 10.3. The molecule has 0 atom stereocenters. The van der Waals surface area contributed by atoms with Gasteiger partial charge in [-0.15, -0.1) is 0 Å². The molecule has 2 aromatic carbocycles. The number of anilines is 1. The number of hydrogen-bond acceptors (Lipinski definition) is 3. The number of thioether (sulfide) groups is 1. The summed E-state index contributed by atoms with van der Waals surface area (Å²) in [6.45, 7) is 4.95. The zero-order valence-electron chi connectivity index (χ0n) is 14.5. The minimum atomic E-state index is 0.484. The van der Waals surface area contributed by atoms with E-state index in [0.29, 0.717) is 11.7 Å². The second-order valence-corrected chi connectivity index (χ2v) is 7.43. The Kier molecular flexibility index (Phi) is 9.39. The van der Waals surface area contributed by atoms with Crippen molar-refractivity contribution in [2.45, 2.75) is 12.2 Å². The molecule has 0 radical (unpaired) electrons. The highest BCUT2D eigenvalue weighted by Gasteiger charge is 2.01. The van der Waals surface area contributed by atoms with Crippen LogP contribution in [0.15, 0.2) is 61.2 Å². The van der Waals surface area contributed by atoms with Gasteiger partial charge in [0.15, 0.2) is 5.11 Å². The summed E-state index contributed by atoms with van der Waals surface area (Å²) in [6, 6.07) is 15.7. The van der Waals surface area contributed by atoms with Gasteiger partial charge in [-0.05, 0) is 48.2 Å². The number of nitrogens with one attached hydrogen (secondary N) is 2. The van der Waals surface area contributed by atoms with Crippen molar-refractivity contribution in [1.29, 1.82) is 0 Å². The van der Waals surface area contributed by atoms with E-state index in [9.17, 15) is 0 Å². The first kappa shape index (κ1) is 20.6. The van der Waals surface area contributed by atoms with Crippen molar-refractivity contribution in [2.24, 2.45) is 0 Å². The van der Waals surface area contributed by atoms with Gasteiger partial charge in [-0.3, -0.25) is 0 Å². The third-order valence-corrected chi connectivity index (χ3v) is 5.13. The van der Waals surface area contributed by atoms with Gasteiger partial charge in [0.2, 0.25) is 0 Å². The molecule has 0 aromatic heterocycles. The van der Waals surface area contributed by atoms with Crippen LogP contribution >= 0.6 is 35.6 Å². The van der Waals surface area contributed by atoms with Gasteiger partial charge in [0.05, 0.1) is 0 Å². The van der Waals surface area contributed by atoms with Crippen molar-refractivity contribution in [3.05, 3.63) is 71.8 Å². The van der Waals surface area contributed by atoms with Crippen LogP contribution in [0.3, 0.4) is 0 Å². The van der Waals surface area contributed by atoms with Crippen molar-refractivity contribution in [2.75, 3.05) is 24.2 Å². The van der Waals surface area contributed by atoms with E-state index >= 15 is 0 Å². The van der Waals surface area contributed by atoms with Crippen LogP contribution in [0.1, 0.15) is 12.0 Å². The molecule has 2 rings (SSSR count). The Bertz CT molecular complexity index is 724. The maximum absolute atomic E-state index is 6.16. The molecular weight excluding hydrogens is 384 g/mol. The molecule has 0 spiro atoms. The molecule has 138 valence electrons. The first-order chi connectivity index (χ1) is 12.7. The number of thiocarbonyl (C=S) groups is 1. The largest absolute Gasteiger partial charge is 0.489 e. The summed E-state index contributed by atoms with van der Waals surface area (Å²) in [5, 5.41) is 7.85. The predicted molar refractivity (Wildman–Crippen MR) is 119 cm³/mol. The van der Waals surface area contributed by atoms with E-state index in [1.807, 2.05) is 54.2 Å². The molecule has 0 fully saturated rings. The zero-order valence-corrected chi connectivity index (χ0v) is 16.9. The highest BCUT2D eigenvalue weighted by atomic mass is 35.5. The van der Waals surface area contributed by atoms with E-state index in [4.69, 9.17) is 28.6 Å². The minimum Gasteiger partial charge on any atom is -0.489 e. The van der Waals surface area contributed by atoms with Crippen LogP contribution in [0.4, 0.5) is 5.69 Å². The smallest absolute Gasteiger partial charge is 0.170 e. The van der Waals surface area contributed by atoms with Crippen LogP contribution in [0, 0.1) is 0 Å². The van der Waals surface area contributed by atoms with Crippen LogP contribution in [0.5, 0.6) is 5.75 Å². The second-order valence-electron chi connectivity index (χ2n) is 5.51. The molecule has 0 aliphatic carbocycles. The minimum absolute atomic E-state index is 0.484. The lowest BCUT2D eigenvalue weighted by atomic mass is 10.2. The molecule has 0 heterocycles. The molecule has 2 aromatic rings. The Balaban J connectivity index is 1.61. The summed E-state index contributed by atoms with van der Waals surface area (Å²) < 4.78 is 5.51. The molecule has 2 N–H and O–H groups in total. The standard InChI is InChI=1S/C20H23ClN2OS2/c1-2-12-24-18-9-5-8-17(14-18)23-20(25)22-11-6-13-26-15-16-7-3-4-10-19(16)21/h2-5,7-10,14H,1,6,11-13,15H2,(H2,22,23,25). The molecular formula is C20H23ClN2OS2. The van der Waals surface area contributed by atoms with E-state index in [2.05, 4.69) is 23.3 Å². The van der Waals surface area contributed by atoms with Gasteiger partial charge >= 0.3 is 0 Å². The maximum Gasteiger partial charge on any atom is 0.170 e. The second kappa shape index (κ2) is 11.8. The molecule has 0 bridgehead atoms. The average Bonchev–Trinajstić information content (AvgIpc) is 2.64. The van der Waals surface area contributed by atoms with Crippen molar-refractivity contribution in [3.63, 3.8) is 0 Å². The molecule has 6 heteroatoms. The van der Waals surface area contributed by atoms with Crippen molar-refractivity contribution >= 4 is 46.4 Å². The summed E-state index contributed by atoms with van der Waals surface area (Å²) in [5.74, 6) is 2.76. The molecule has 0 saturated carbocycles. The van der Waals surface area contributed by atoms with Crippen LogP contribution < -0.4 is 15.4 Å². The van der Waals surface area contributed by atoms with Gasteiger partial charge in [-0.25, -0.2) is 0 Å². The highest BCUT2D eigenvalue weighted by Crippen LogP contribution is 2.21. The molecule has 0 amide bonds. The fraction of sp³-hybridized carbons (Fsp3) is 0.250. The molecule has 0 saturated heterocycles. The summed E-state index contributed by atoms with van der Waals surface area (Å²) in [5.41, 5.74) is 2.08. The van der Waals surface area contributed by atoms with E-state index in [1.54, 1.807) is 6.08 Å². The fourth-order valence-corrected chi connectivity index (χ4v) is 3.63. The quantitative estimate of drug-likeness (QED) is 0.308. The summed E-state index contributed by atoms with van der Waals surface area (Å²) in [6.07, 6.45) is 2.75. The number of halogens is 1. The van der Waals surface area contributed by atoms with Crippen molar-refractivity contribution in [1.82, 2.24) is 5.32 Å². The van der Waals surface area contributed by atoms with Crippen LogP contribution in [-0.4, -0.2) is 24.0 Å². The van der Waals surface area contributed by atoms with E-state index < -0.39 is 0 Å². The number of ether oxygens (including phenoxy) is 1. The van der Waals surface area contributed by atoms with Gasteiger partial charge in [-0.1, -0.05) is 48.5 Å². The van der Waals surface area contributed by atoms with Crippen LogP contribution in [0.2, 0.25) is 5.02 Å². The van der Waals surface area contributed by atoms with Gasteiger partial charge < -0.3 is 15.4 Å². The van der Waals surface area contributed by atoms with Crippen LogP contribution in [0.25, 0.3) is 0 Å². The molecule has 0 unspecified atom stereocenters. The molecule has 26 heavy (non-hydrogen) atoms. The lowest BCUT2D eigenvalue weighted by Crippen LogP contribution is -2.29. The summed E-state index contributed by atoms with van der Waals surface area (Å²) >= 11 is 13.4.